The van der Waals surface area contributed by atoms with Crippen molar-refractivity contribution in [2.75, 3.05) is 117 Å². The van der Waals surface area contributed by atoms with Gasteiger partial charge in [-0.25, -0.2) is 4.58 Å². The van der Waals surface area contributed by atoms with Crippen LogP contribution in [0.3, 0.4) is 0 Å². The Labute approximate surface area is 366 Å². The summed E-state index contributed by atoms with van der Waals surface area (Å²) in [5, 5.41) is 8.26. The van der Waals surface area contributed by atoms with Crippen LogP contribution in [0.25, 0.3) is 43.9 Å². The van der Waals surface area contributed by atoms with E-state index in [-0.39, 0.29) is 36.8 Å². The molecular formula is C45H64ClN7O8. The van der Waals surface area contributed by atoms with Crippen LogP contribution in [-0.4, -0.2) is 135 Å². The highest BCUT2D eigenvalue weighted by molar-refractivity contribution is 6.10. The van der Waals surface area contributed by atoms with E-state index in [4.69, 9.17) is 33.6 Å². The van der Waals surface area contributed by atoms with Crippen molar-refractivity contribution >= 4 is 28.5 Å². The molecule has 2 aromatic carbocycles. The predicted octanol–water partition coefficient (Wildman–Crippen LogP) is 3.23. The summed E-state index contributed by atoms with van der Waals surface area (Å²) in [6, 6.07) is 20.0. The van der Waals surface area contributed by atoms with E-state index in [9.17, 15) is 9.59 Å². The van der Waals surface area contributed by atoms with Gasteiger partial charge in [-0.2, -0.15) is 0 Å². The largest absolute Gasteiger partial charge is 1.00 e. The first-order valence-corrected chi connectivity index (χ1v) is 21.2. The van der Waals surface area contributed by atoms with Crippen LogP contribution in [-0.2, 0) is 28.5 Å². The third-order valence-electron chi connectivity index (χ3n) is 10.0. The van der Waals surface area contributed by atoms with Crippen molar-refractivity contribution in [3.05, 3.63) is 82.0 Å². The van der Waals surface area contributed by atoms with Crippen molar-refractivity contribution in [2.24, 2.45) is 5.11 Å². The van der Waals surface area contributed by atoms with Gasteiger partial charge in [0.25, 0.3) is 5.91 Å². The predicted molar refractivity (Wildman–Crippen MR) is 235 cm³/mol. The molecule has 0 aromatic heterocycles. The molecule has 1 aliphatic carbocycles. The molecule has 1 aliphatic heterocycles. The molecule has 0 fully saturated rings. The second kappa shape index (κ2) is 28.0. The molecule has 0 bridgehead atoms. The second-order valence-corrected chi connectivity index (χ2v) is 14.1. The molecule has 16 heteroatoms. The summed E-state index contributed by atoms with van der Waals surface area (Å²) >= 11 is 0. The zero-order valence-corrected chi connectivity index (χ0v) is 37.5. The Bertz CT molecular complexity index is 2030. The minimum atomic E-state index is -0.268. The normalized spacial score (nSPS) is 11.1. The van der Waals surface area contributed by atoms with Crippen molar-refractivity contribution in [1.29, 1.82) is 0 Å². The SMILES string of the molecule is CCN(CC)c1ccc2c(-c3ccccc3C(=O)N(CC(=O)NCCOCCOCCOCCOCCOCCN=[N+]=[N-])C(C)C)c3ccc(=[N+](CC)CC)cc-3oc2c1.[Cl-]. The van der Waals surface area contributed by atoms with Gasteiger partial charge in [-0.05, 0) is 76.9 Å². The number of rotatable bonds is 28. The van der Waals surface area contributed by atoms with Gasteiger partial charge in [-0.3, -0.25) is 9.59 Å². The van der Waals surface area contributed by atoms with E-state index in [0.29, 0.717) is 84.7 Å². The van der Waals surface area contributed by atoms with E-state index in [1.54, 1.807) is 4.90 Å². The van der Waals surface area contributed by atoms with Crippen molar-refractivity contribution in [2.45, 2.75) is 47.6 Å². The maximum Gasteiger partial charge on any atom is 0.255 e. The molecule has 2 aromatic rings. The van der Waals surface area contributed by atoms with Crippen LogP contribution in [0.4, 0.5) is 5.69 Å². The summed E-state index contributed by atoms with van der Waals surface area (Å²) in [5.41, 5.74) is 13.1. The van der Waals surface area contributed by atoms with Gasteiger partial charge in [0.15, 0.2) is 0 Å². The molecule has 0 atom stereocenters. The fraction of sp³-hybridized carbons (Fsp3) is 0.533. The average molecular weight is 867 g/mol. The Morgan fingerprint density at radius 3 is 1.98 bits per heavy atom. The molecule has 2 aliphatic rings. The van der Waals surface area contributed by atoms with Crippen molar-refractivity contribution < 1.29 is 50.1 Å². The third-order valence-corrected chi connectivity index (χ3v) is 10.0. The van der Waals surface area contributed by atoms with Crippen molar-refractivity contribution in [3.8, 4) is 22.5 Å². The number of carbonyl (C=O) groups excluding carboxylic acids is 2. The van der Waals surface area contributed by atoms with Crippen molar-refractivity contribution in [3.63, 3.8) is 0 Å². The van der Waals surface area contributed by atoms with Gasteiger partial charge in [0.05, 0.1) is 72.1 Å². The number of hydrogen-bond acceptors (Lipinski definition) is 10. The van der Waals surface area contributed by atoms with Crippen LogP contribution in [0.2, 0.25) is 0 Å². The third kappa shape index (κ3) is 15.3. The Morgan fingerprint density at radius 1 is 0.787 bits per heavy atom. The first kappa shape index (κ1) is 50.6. The molecule has 15 nitrogen and oxygen atoms in total. The number of carbonyl (C=O) groups is 2. The van der Waals surface area contributed by atoms with E-state index in [2.05, 4.69) is 88.9 Å². The number of ether oxygens (including phenoxy) is 5. The zero-order valence-electron chi connectivity index (χ0n) is 36.7. The van der Waals surface area contributed by atoms with Gasteiger partial charge in [0.1, 0.15) is 31.0 Å². The first-order valence-electron chi connectivity index (χ1n) is 21.2. The highest BCUT2D eigenvalue weighted by Gasteiger charge is 2.27. The van der Waals surface area contributed by atoms with Crippen LogP contribution in [0.15, 0.2) is 70.2 Å². The molecule has 0 saturated carbocycles. The Morgan fingerprint density at radius 2 is 1.39 bits per heavy atom. The van der Waals surface area contributed by atoms with Crippen molar-refractivity contribution in [1.82, 2.24) is 14.8 Å². The maximum absolute atomic E-state index is 14.5. The number of amides is 2. The number of fused-ring (bicyclic) bond motifs is 2. The number of nitrogens with one attached hydrogen (secondary N) is 1. The lowest BCUT2D eigenvalue weighted by molar-refractivity contribution is -0.122. The monoisotopic (exact) mass is 865 g/mol. The highest BCUT2D eigenvalue weighted by Crippen LogP contribution is 2.42. The molecule has 334 valence electrons. The minimum absolute atomic E-state index is 0. The van der Waals surface area contributed by atoms with Gasteiger partial charge in [0, 0.05) is 77.0 Å². The lowest BCUT2D eigenvalue weighted by Crippen LogP contribution is -3.00. The minimum Gasteiger partial charge on any atom is -1.00 e. The van der Waals surface area contributed by atoms with Gasteiger partial charge in [0.2, 0.25) is 11.3 Å². The molecule has 0 spiro atoms. The number of hydrogen-bond donors (Lipinski definition) is 1. The molecule has 0 saturated heterocycles. The Kier molecular flexibility index (Phi) is 23.2. The van der Waals surface area contributed by atoms with Crippen LogP contribution in [0.5, 0.6) is 0 Å². The molecule has 4 rings (SSSR count). The second-order valence-electron chi connectivity index (χ2n) is 14.1. The zero-order chi connectivity index (χ0) is 43.1. The number of nitrogens with zero attached hydrogens (tertiary/aromatic N) is 6. The topological polar surface area (TPSA) is 164 Å². The van der Waals surface area contributed by atoms with Gasteiger partial charge >= 0.3 is 0 Å². The van der Waals surface area contributed by atoms with Crippen LogP contribution < -0.4 is 32.6 Å². The summed E-state index contributed by atoms with van der Waals surface area (Å²) in [5.74, 6) is 0.240. The van der Waals surface area contributed by atoms with Gasteiger partial charge in [-0.1, -0.05) is 23.3 Å². The number of anilines is 1. The lowest BCUT2D eigenvalue weighted by atomic mass is 9.90. The van der Waals surface area contributed by atoms with E-state index < -0.39 is 0 Å². The molecule has 1 heterocycles. The molecule has 61 heavy (non-hydrogen) atoms. The highest BCUT2D eigenvalue weighted by atomic mass is 35.5. The summed E-state index contributed by atoms with van der Waals surface area (Å²) in [4.78, 5) is 34.3. The molecular weight excluding hydrogens is 802 g/mol. The lowest BCUT2D eigenvalue weighted by Gasteiger charge is -2.28. The number of azide groups is 1. The maximum atomic E-state index is 14.5. The van der Waals surface area contributed by atoms with E-state index in [1.807, 2.05) is 38.1 Å². The molecule has 0 unspecified atom stereocenters. The molecule has 0 radical (unpaired) electrons. The molecule has 1 N–H and O–H groups in total. The van der Waals surface area contributed by atoms with Crippen LogP contribution in [0.1, 0.15) is 51.9 Å². The first-order chi connectivity index (χ1) is 29.3. The average Bonchev–Trinajstić information content (AvgIpc) is 3.26. The summed E-state index contributed by atoms with van der Waals surface area (Å²) < 4.78 is 36.3. The fourth-order valence-electron chi connectivity index (χ4n) is 6.86. The fourth-order valence-corrected chi connectivity index (χ4v) is 6.86. The number of benzene rings is 3. The molecule has 2 amide bonds. The summed E-state index contributed by atoms with van der Waals surface area (Å²) in [6.45, 7) is 20.4. The quantitative estimate of drug-likeness (QED) is 0.0226. The Balaban J connectivity index is 0.00000992. The van der Waals surface area contributed by atoms with E-state index in [0.717, 1.165) is 70.6 Å². The standard InChI is InChI=1S/C45H63N7O8.ClH/c1-7-50(8-2)35-15-17-39-41(31-35)60-42-32-36(51(9-3)10-4)16-18-40(42)44(39)37-13-11-12-14-38(37)45(54)52(34(5)6)33-43(53)47-19-21-55-23-25-57-27-29-59-30-28-58-26-24-56-22-20-48-49-46;/h11-18,31-32,34H,7-10,19-30,33H2,1-6H3;1H. The summed E-state index contributed by atoms with van der Waals surface area (Å²) in [7, 11) is 0. The smallest absolute Gasteiger partial charge is 0.255 e. The van der Waals surface area contributed by atoms with E-state index in [1.165, 1.54) is 0 Å². The van der Waals surface area contributed by atoms with Crippen LogP contribution >= 0.6 is 0 Å². The van der Waals surface area contributed by atoms with Crippen LogP contribution in [0, 0.1) is 0 Å². The number of halogens is 1. The van der Waals surface area contributed by atoms with Gasteiger partial charge < -0.3 is 55.6 Å². The Hall–Kier alpha value is -4.73. The summed E-state index contributed by atoms with van der Waals surface area (Å²) in [6.07, 6.45) is 0. The van der Waals surface area contributed by atoms with E-state index >= 15 is 0 Å². The van der Waals surface area contributed by atoms with Gasteiger partial charge in [-0.15, -0.1) is 0 Å².